The summed E-state index contributed by atoms with van der Waals surface area (Å²) < 4.78 is 0. The van der Waals surface area contributed by atoms with Gasteiger partial charge in [-0.15, -0.1) is 12.4 Å². The molecule has 0 spiro atoms. The number of aromatic hydroxyl groups is 1. The SMILES string of the molecule is Cl.Oc1cc2c(cc1C1=NCCN1)CCCC2. The van der Waals surface area contributed by atoms with Crippen LogP contribution in [0, 0.1) is 0 Å². The lowest BCUT2D eigenvalue weighted by atomic mass is 9.90. The van der Waals surface area contributed by atoms with Crippen molar-refractivity contribution in [2.24, 2.45) is 4.99 Å². The van der Waals surface area contributed by atoms with Crippen LogP contribution in [0.5, 0.6) is 5.75 Å². The van der Waals surface area contributed by atoms with Crippen molar-refractivity contribution >= 4 is 18.2 Å². The number of nitrogens with zero attached hydrogens (tertiary/aromatic N) is 1. The fourth-order valence-electron chi connectivity index (χ4n) is 2.54. The number of rotatable bonds is 1. The lowest BCUT2D eigenvalue weighted by molar-refractivity contribution is 0.472. The van der Waals surface area contributed by atoms with Crippen LogP contribution in [0.15, 0.2) is 17.1 Å². The van der Waals surface area contributed by atoms with Crippen LogP contribution in [-0.4, -0.2) is 24.0 Å². The van der Waals surface area contributed by atoms with Gasteiger partial charge in [-0.25, -0.2) is 0 Å². The van der Waals surface area contributed by atoms with Crippen molar-refractivity contribution in [1.82, 2.24) is 5.32 Å². The minimum atomic E-state index is 0. The largest absolute Gasteiger partial charge is 0.507 e. The molecule has 17 heavy (non-hydrogen) atoms. The number of phenolic OH excluding ortho intramolecular Hbond substituents is 1. The Morgan fingerprint density at radius 1 is 1.12 bits per heavy atom. The Kier molecular flexibility index (Phi) is 3.57. The molecule has 92 valence electrons. The first-order chi connectivity index (χ1) is 7.84. The zero-order valence-corrected chi connectivity index (χ0v) is 10.5. The monoisotopic (exact) mass is 252 g/mol. The molecule has 0 saturated heterocycles. The van der Waals surface area contributed by atoms with Crippen molar-refractivity contribution in [1.29, 1.82) is 0 Å². The first-order valence-corrected chi connectivity index (χ1v) is 5.98. The number of phenols is 1. The van der Waals surface area contributed by atoms with E-state index in [1.165, 1.54) is 24.0 Å². The average Bonchev–Trinajstić information content (AvgIpc) is 2.81. The predicted octanol–water partition coefficient (Wildman–Crippen LogP) is 2.04. The van der Waals surface area contributed by atoms with Gasteiger partial charge in [0.25, 0.3) is 0 Å². The van der Waals surface area contributed by atoms with Crippen molar-refractivity contribution in [2.45, 2.75) is 25.7 Å². The topological polar surface area (TPSA) is 44.6 Å². The molecule has 1 aliphatic heterocycles. The Bertz CT molecular complexity index is 457. The first kappa shape index (κ1) is 12.2. The highest BCUT2D eigenvalue weighted by Gasteiger charge is 2.17. The fraction of sp³-hybridized carbons (Fsp3) is 0.462. The van der Waals surface area contributed by atoms with Gasteiger partial charge in [-0.1, -0.05) is 0 Å². The smallest absolute Gasteiger partial charge is 0.132 e. The van der Waals surface area contributed by atoms with E-state index in [2.05, 4.69) is 16.4 Å². The number of aryl methyl sites for hydroxylation is 2. The molecular weight excluding hydrogens is 236 g/mol. The van der Waals surface area contributed by atoms with E-state index in [0.717, 1.165) is 37.3 Å². The van der Waals surface area contributed by atoms with Crippen LogP contribution in [0.2, 0.25) is 0 Å². The Hall–Kier alpha value is -1.22. The number of hydrogen-bond acceptors (Lipinski definition) is 3. The summed E-state index contributed by atoms with van der Waals surface area (Å²) in [5.74, 6) is 1.22. The number of benzene rings is 1. The van der Waals surface area contributed by atoms with E-state index in [9.17, 15) is 5.11 Å². The van der Waals surface area contributed by atoms with Gasteiger partial charge < -0.3 is 10.4 Å². The van der Waals surface area contributed by atoms with Gasteiger partial charge in [0.15, 0.2) is 0 Å². The second-order valence-corrected chi connectivity index (χ2v) is 4.50. The van der Waals surface area contributed by atoms with Gasteiger partial charge in [-0.05, 0) is 48.9 Å². The number of hydrogen-bond donors (Lipinski definition) is 2. The maximum absolute atomic E-state index is 10.0. The Morgan fingerprint density at radius 2 is 1.82 bits per heavy atom. The second-order valence-electron chi connectivity index (χ2n) is 4.50. The fourth-order valence-corrected chi connectivity index (χ4v) is 2.54. The van der Waals surface area contributed by atoms with Gasteiger partial charge >= 0.3 is 0 Å². The maximum atomic E-state index is 10.0. The summed E-state index contributed by atoms with van der Waals surface area (Å²) in [5.41, 5.74) is 3.57. The molecule has 3 rings (SSSR count). The number of halogens is 1. The zero-order valence-electron chi connectivity index (χ0n) is 9.70. The number of aliphatic imine (C=N–C) groups is 1. The molecule has 2 aliphatic rings. The lowest BCUT2D eigenvalue weighted by Gasteiger charge is -2.17. The van der Waals surface area contributed by atoms with E-state index in [-0.39, 0.29) is 12.4 Å². The molecule has 0 unspecified atom stereocenters. The number of nitrogens with one attached hydrogen (secondary N) is 1. The van der Waals surface area contributed by atoms with E-state index in [1.807, 2.05) is 6.07 Å². The van der Waals surface area contributed by atoms with Gasteiger partial charge in [0, 0.05) is 6.54 Å². The molecule has 0 atom stereocenters. The van der Waals surface area contributed by atoms with Gasteiger partial charge in [0.2, 0.25) is 0 Å². The molecule has 0 fully saturated rings. The van der Waals surface area contributed by atoms with Crippen LogP contribution >= 0.6 is 12.4 Å². The Morgan fingerprint density at radius 3 is 2.47 bits per heavy atom. The summed E-state index contributed by atoms with van der Waals surface area (Å²) in [7, 11) is 0. The minimum absolute atomic E-state index is 0. The average molecular weight is 253 g/mol. The third kappa shape index (κ3) is 2.25. The van der Waals surface area contributed by atoms with Crippen LogP contribution in [0.25, 0.3) is 0 Å². The van der Waals surface area contributed by atoms with Crippen LogP contribution < -0.4 is 5.32 Å². The number of fused-ring (bicyclic) bond motifs is 1. The molecule has 1 aliphatic carbocycles. The molecule has 1 aromatic carbocycles. The Labute approximate surface area is 107 Å². The van der Waals surface area contributed by atoms with Gasteiger partial charge in [-0.3, -0.25) is 4.99 Å². The minimum Gasteiger partial charge on any atom is -0.507 e. The lowest BCUT2D eigenvalue weighted by Crippen LogP contribution is -2.20. The van der Waals surface area contributed by atoms with Gasteiger partial charge in [0.05, 0.1) is 12.1 Å². The highest BCUT2D eigenvalue weighted by atomic mass is 35.5. The normalized spacial score (nSPS) is 17.8. The summed E-state index contributed by atoms with van der Waals surface area (Å²) in [4.78, 5) is 4.36. The molecule has 0 bridgehead atoms. The summed E-state index contributed by atoms with van der Waals surface area (Å²) in [6.07, 6.45) is 4.74. The van der Waals surface area contributed by atoms with E-state index in [1.54, 1.807) is 0 Å². The molecule has 0 radical (unpaired) electrons. The zero-order chi connectivity index (χ0) is 11.0. The summed E-state index contributed by atoms with van der Waals surface area (Å²) in [6.45, 7) is 1.69. The van der Waals surface area contributed by atoms with Crippen LogP contribution in [0.3, 0.4) is 0 Å². The first-order valence-electron chi connectivity index (χ1n) is 5.98. The summed E-state index contributed by atoms with van der Waals surface area (Å²) in [5, 5.41) is 13.2. The second kappa shape index (κ2) is 4.96. The van der Waals surface area contributed by atoms with Crippen LogP contribution in [0.1, 0.15) is 29.5 Å². The van der Waals surface area contributed by atoms with Gasteiger partial charge in [0.1, 0.15) is 11.6 Å². The molecule has 0 saturated carbocycles. The standard InChI is InChI=1S/C13H16N2O.ClH/c16-12-8-10-4-2-1-3-9(10)7-11(12)13-14-5-6-15-13;/h7-8,16H,1-6H2,(H,14,15);1H. The van der Waals surface area contributed by atoms with Crippen molar-refractivity contribution in [3.8, 4) is 5.75 Å². The van der Waals surface area contributed by atoms with Crippen molar-refractivity contribution in [3.05, 3.63) is 28.8 Å². The summed E-state index contributed by atoms with van der Waals surface area (Å²) in [6, 6.07) is 4.04. The molecule has 3 nitrogen and oxygen atoms in total. The van der Waals surface area contributed by atoms with Crippen molar-refractivity contribution in [3.63, 3.8) is 0 Å². The molecular formula is C13H17ClN2O. The predicted molar refractivity (Wildman–Crippen MR) is 71.4 cm³/mol. The van der Waals surface area contributed by atoms with E-state index >= 15 is 0 Å². The Balaban J connectivity index is 0.00000108. The molecule has 1 heterocycles. The van der Waals surface area contributed by atoms with Crippen LogP contribution in [0.4, 0.5) is 0 Å². The molecule has 0 aromatic heterocycles. The highest BCUT2D eigenvalue weighted by molar-refractivity contribution is 6.02. The van der Waals surface area contributed by atoms with E-state index in [0.29, 0.717) is 5.75 Å². The molecule has 4 heteroatoms. The van der Waals surface area contributed by atoms with Crippen molar-refractivity contribution < 1.29 is 5.11 Å². The highest BCUT2D eigenvalue weighted by Crippen LogP contribution is 2.28. The molecule has 2 N–H and O–H groups in total. The van der Waals surface area contributed by atoms with Gasteiger partial charge in [-0.2, -0.15) is 0 Å². The summed E-state index contributed by atoms with van der Waals surface area (Å²) >= 11 is 0. The molecule has 1 aromatic rings. The number of amidine groups is 1. The van der Waals surface area contributed by atoms with Crippen LogP contribution in [-0.2, 0) is 12.8 Å². The molecule has 0 amide bonds. The van der Waals surface area contributed by atoms with E-state index in [4.69, 9.17) is 0 Å². The van der Waals surface area contributed by atoms with Crippen molar-refractivity contribution in [2.75, 3.05) is 13.1 Å². The van der Waals surface area contributed by atoms with E-state index < -0.39 is 0 Å². The third-order valence-electron chi connectivity index (χ3n) is 3.39. The quantitative estimate of drug-likeness (QED) is 0.804. The third-order valence-corrected chi connectivity index (χ3v) is 3.39. The maximum Gasteiger partial charge on any atom is 0.132 e.